The lowest BCUT2D eigenvalue weighted by molar-refractivity contribution is -0.0441. The van der Waals surface area contributed by atoms with Crippen LogP contribution in [-0.2, 0) is 20.0 Å². The van der Waals surface area contributed by atoms with Gasteiger partial charge in [0.15, 0.2) is 0 Å². The number of hydrogen-bond acceptors (Lipinski definition) is 5. The van der Waals surface area contributed by atoms with Gasteiger partial charge in [-0.25, -0.2) is 16.8 Å². The van der Waals surface area contributed by atoms with Gasteiger partial charge in [-0.15, -0.1) is 0 Å². The maximum atomic E-state index is 12.6. The summed E-state index contributed by atoms with van der Waals surface area (Å²) in [5.74, 6) is -0.140. The number of ether oxygens (including phenoxy) is 1. The molecule has 11 heteroatoms. The molecule has 0 saturated heterocycles. The molecule has 0 aliphatic rings. The van der Waals surface area contributed by atoms with Gasteiger partial charge in [0, 0.05) is 0 Å². The van der Waals surface area contributed by atoms with E-state index in [9.17, 15) is 30.0 Å². The highest BCUT2D eigenvalue weighted by atomic mass is 32.3. The second-order valence-electron chi connectivity index (χ2n) is 6.49. The Morgan fingerprint density at radius 3 is 2.11 bits per heavy atom. The lowest BCUT2D eigenvalue weighted by Crippen LogP contribution is -2.40. The molecule has 6 nitrogen and oxygen atoms in total. The number of benzene rings is 1. The Morgan fingerprint density at radius 1 is 0.964 bits per heavy atom. The minimum atomic E-state index is -6.07. The molecule has 0 saturated carbocycles. The van der Waals surface area contributed by atoms with E-state index in [1.54, 1.807) is 13.8 Å². The van der Waals surface area contributed by atoms with E-state index in [0.29, 0.717) is 17.5 Å². The highest BCUT2D eigenvalue weighted by Crippen LogP contribution is 2.32. The molecular weight excluding hydrogens is 419 g/mol. The van der Waals surface area contributed by atoms with Crippen LogP contribution in [0, 0.1) is 13.8 Å². The van der Waals surface area contributed by atoms with Gasteiger partial charge in [0.25, 0.3) is 10.0 Å². The predicted molar refractivity (Wildman–Crippen MR) is 100 cm³/mol. The SMILES string of the molecule is CCCCCCCCOc1c(S(=O)(=O)NS(=O)(=O)C(F)(F)F)ccc(C)c1C. The minimum Gasteiger partial charge on any atom is -0.492 e. The first-order chi connectivity index (χ1) is 12.8. The van der Waals surface area contributed by atoms with Gasteiger partial charge in [0.1, 0.15) is 10.6 Å². The van der Waals surface area contributed by atoms with Crippen LogP contribution in [-0.4, -0.2) is 29.0 Å². The summed E-state index contributed by atoms with van der Waals surface area (Å²) in [6.07, 6.45) is 5.82. The largest absolute Gasteiger partial charge is 0.512 e. The number of alkyl halides is 3. The summed E-state index contributed by atoms with van der Waals surface area (Å²) >= 11 is 0. The maximum absolute atomic E-state index is 12.6. The first-order valence-corrected chi connectivity index (χ1v) is 11.9. The third kappa shape index (κ3) is 6.63. The zero-order valence-electron chi connectivity index (χ0n) is 16.1. The van der Waals surface area contributed by atoms with Gasteiger partial charge in [0.2, 0.25) is 0 Å². The number of nitrogens with one attached hydrogen (secondary N) is 1. The number of aryl methyl sites for hydroxylation is 1. The normalized spacial score (nSPS) is 12.9. The molecule has 1 rings (SSSR count). The molecule has 162 valence electrons. The topological polar surface area (TPSA) is 89.5 Å². The van der Waals surface area contributed by atoms with Crippen LogP contribution in [0.15, 0.2) is 17.0 Å². The van der Waals surface area contributed by atoms with Crippen LogP contribution in [0.2, 0.25) is 0 Å². The molecule has 0 bridgehead atoms. The van der Waals surface area contributed by atoms with Crippen molar-refractivity contribution in [2.24, 2.45) is 0 Å². The third-order valence-corrected chi connectivity index (χ3v) is 7.46. The molecule has 0 amide bonds. The van der Waals surface area contributed by atoms with Gasteiger partial charge in [-0.1, -0.05) is 49.2 Å². The van der Waals surface area contributed by atoms with Crippen LogP contribution < -0.4 is 8.86 Å². The fourth-order valence-electron chi connectivity index (χ4n) is 2.45. The molecular formula is C17H26F3NO5S2. The van der Waals surface area contributed by atoms with Crippen molar-refractivity contribution in [3.8, 4) is 5.75 Å². The maximum Gasteiger partial charge on any atom is 0.512 e. The van der Waals surface area contributed by atoms with Crippen molar-refractivity contribution in [2.75, 3.05) is 6.61 Å². The van der Waals surface area contributed by atoms with Gasteiger partial charge in [0.05, 0.1) is 6.61 Å². The van der Waals surface area contributed by atoms with E-state index < -0.39 is 30.5 Å². The molecule has 1 N–H and O–H groups in total. The predicted octanol–water partition coefficient (Wildman–Crippen LogP) is 4.17. The number of halogens is 3. The van der Waals surface area contributed by atoms with Crippen molar-refractivity contribution in [2.45, 2.75) is 69.7 Å². The molecule has 0 spiro atoms. The van der Waals surface area contributed by atoms with Gasteiger partial charge in [-0.05, 0) is 37.5 Å². The van der Waals surface area contributed by atoms with Crippen molar-refractivity contribution in [3.05, 3.63) is 23.3 Å². The standard InChI is InChI=1S/C17H26F3NO5S2/c1-4-5-6-7-8-9-12-26-16-14(3)13(2)10-11-15(16)27(22,23)21-28(24,25)17(18,19)20/h10-11,21H,4-9,12H2,1-3H3. The average Bonchev–Trinajstić information content (AvgIpc) is 2.55. The minimum absolute atomic E-state index is 0.140. The lowest BCUT2D eigenvalue weighted by atomic mass is 10.1. The molecule has 1 aromatic rings. The quantitative estimate of drug-likeness (QED) is 0.517. The Hall–Kier alpha value is -1.33. The van der Waals surface area contributed by atoms with Crippen molar-refractivity contribution in [3.63, 3.8) is 0 Å². The molecule has 0 aliphatic carbocycles. The molecule has 0 heterocycles. The van der Waals surface area contributed by atoms with E-state index in [-0.39, 0.29) is 12.4 Å². The molecule has 0 atom stereocenters. The fraction of sp³-hybridized carbons (Fsp3) is 0.647. The highest BCUT2D eigenvalue weighted by molar-refractivity contribution is 8.05. The number of unbranched alkanes of at least 4 members (excludes halogenated alkanes) is 5. The number of hydrogen-bond donors (Lipinski definition) is 1. The monoisotopic (exact) mass is 445 g/mol. The Balaban J connectivity index is 3.02. The zero-order valence-corrected chi connectivity index (χ0v) is 17.7. The van der Waals surface area contributed by atoms with E-state index in [1.807, 2.05) is 0 Å². The first kappa shape index (κ1) is 24.7. The zero-order chi connectivity index (χ0) is 21.6. The third-order valence-electron chi connectivity index (χ3n) is 4.20. The van der Waals surface area contributed by atoms with E-state index in [4.69, 9.17) is 4.74 Å². The smallest absolute Gasteiger partial charge is 0.492 e. The van der Waals surface area contributed by atoms with E-state index in [2.05, 4.69) is 6.92 Å². The summed E-state index contributed by atoms with van der Waals surface area (Å²) in [5.41, 5.74) is -4.67. The summed E-state index contributed by atoms with van der Waals surface area (Å²) in [6, 6.07) is 2.41. The Labute approximate surface area is 164 Å². The molecule has 28 heavy (non-hydrogen) atoms. The van der Waals surface area contributed by atoms with E-state index >= 15 is 0 Å². The van der Waals surface area contributed by atoms with Crippen LogP contribution in [0.4, 0.5) is 13.2 Å². The van der Waals surface area contributed by atoms with Gasteiger partial charge >= 0.3 is 15.5 Å². The number of rotatable bonds is 11. The van der Waals surface area contributed by atoms with E-state index in [1.165, 1.54) is 6.07 Å². The van der Waals surface area contributed by atoms with Crippen molar-refractivity contribution in [1.29, 1.82) is 0 Å². The molecule has 0 unspecified atom stereocenters. The summed E-state index contributed by atoms with van der Waals surface area (Å²) in [5, 5.41) is 0. The molecule has 0 fully saturated rings. The second-order valence-corrected chi connectivity index (χ2v) is 10.1. The van der Waals surface area contributed by atoms with E-state index in [0.717, 1.165) is 42.3 Å². The molecule has 0 aromatic heterocycles. The van der Waals surface area contributed by atoms with Gasteiger partial charge < -0.3 is 4.74 Å². The Bertz CT molecular complexity index is 866. The van der Waals surface area contributed by atoms with Crippen molar-refractivity contribution >= 4 is 20.0 Å². The summed E-state index contributed by atoms with van der Waals surface area (Å²) < 4.78 is 91.0. The summed E-state index contributed by atoms with van der Waals surface area (Å²) in [7, 11) is -11.1. The van der Waals surface area contributed by atoms with Crippen LogP contribution in [0.3, 0.4) is 0 Å². The first-order valence-electron chi connectivity index (χ1n) is 8.91. The van der Waals surface area contributed by atoms with Crippen LogP contribution >= 0.6 is 0 Å². The fourth-order valence-corrected chi connectivity index (χ4v) is 5.05. The summed E-state index contributed by atoms with van der Waals surface area (Å²) in [4.78, 5) is -0.644. The Kier molecular flexibility index (Phi) is 8.76. The average molecular weight is 446 g/mol. The molecule has 1 aromatic carbocycles. The lowest BCUT2D eigenvalue weighted by Gasteiger charge is -2.17. The van der Waals surface area contributed by atoms with Crippen LogP contribution in [0.1, 0.15) is 56.6 Å². The highest BCUT2D eigenvalue weighted by Gasteiger charge is 2.48. The summed E-state index contributed by atoms with van der Waals surface area (Å²) in [6.45, 7) is 5.51. The van der Waals surface area contributed by atoms with Crippen LogP contribution in [0.25, 0.3) is 0 Å². The molecule has 0 radical (unpaired) electrons. The number of sulfonamides is 2. The molecule has 0 aliphatic heterocycles. The van der Waals surface area contributed by atoms with Crippen molar-refractivity contribution in [1.82, 2.24) is 4.13 Å². The van der Waals surface area contributed by atoms with Gasteiger partial charge in [-0.3, -0.25) is 0 Å². The van der Waals surface area contributed by atoms with Crippen molar-refractivity contribution < 1.29 is 34.7 Å². The Morgan fingerprint density at radius 2 is 1.54 bits per heavy atom. The van der Waals surface area contributed by atoms with Gasteiger partial charge in [-0.2, -0.15) is 13.2 Å². The van der Waals surface area contributed by atoms with Crippen LogP contribution in [0.5, 0.6) is 5.75 Å². The second kappa shape index (κ2) is 9.93.